The number of carbonyl (C=O) groups is 1. The van der Waals surface area contributed by atoms with Crippen LogP contribution in [0, 0.1) is 13.7 Å². The Bertz CT molecular complexity index is 927. The number of nitrogens with zero attached hydrogens (tertiary/aromatic N) is 4. The number of benzene rings is 1. The van der Waals surface area contributed by atoms with Gasteiger partial charge >= 0.3 is 0 Å². The van der Waals surface area contributed by atoms with Crippen LogP contribution >= 0.6 is 22.6 Å². The van der Waals surface area contributed by atoms with Crippen LogP contribution in [0.5, 0.6) is 0 Å². The molecule has 0 aliphatic rings. The first kappa shape index (κ1) is 17.0. The second-order valence-corrected chi connectivity index (χ2v) is 6.29. The van der Waals surface area contributed by atoms with Crippen molar-refractivity contribution in [2.45, 2.75) is 6.54 Å². The summed E-state index contributed by atoms with van der Waals surface area (Å²) in [5, 5.41) is 17.8. The Labute approximate surface area is 156 Å². The largest absolute Gasteiger partial charge is 0.305 e. The minimum Gasteiger partial charge on any atom is -0.305 e. The van der Waals surface area contributed by atoms with Gasteiger partial charge in [-0.2, -0.15) is 5.10 Å². The van der Waals surface area contributed by atoms with Gasteiger partial charge in [-0.25, -0.2) is 0 Å². The monoisotopic (exact) mass is 449 g/mol. The van der Waals surface area contributed by atoms with E-state index >= 15 is 0 Å². The highest BCUT2D eigenvalue weighted by Gasteiger charge is 2.16. The van der Waals surface area contributed by atoms with Crippen molar-refractivity contribution in [1.82, 2.24) is 14.8 Å². The third-order valence-electron chi connectivity index (χ3n) is 3.38. The van der Waals surface area contributed by atoms with E-state index in [1.165, 1.54) is 18.2 Å². The van der Waals surface area contributed by atoms with Crippen LogP contribution in [-0.4, -0.2) is 25.6 Å². The van der Waals surface area contributed by atoms with Crippen LogP contribution in [0.25, 0.3) is 0 Å². The van der Waals surface area contributed by atoms with Gasteiger partial charge in [-0.15, -0.1) is 0 Å². The maximum atomic E-state index is 12.4. The van der Waals surface area contributed by atoms with Crippen LogP contribution in [0.2, 0.25) is 0 Å². The molecule has 1 amide bonds. The Balaban J connectivity index is 1.74. The molecule has 0 aliphatic heterocycles. The fourth-order valence-electron chi connectivity index (χ4n) is 2.18. The van der Waals surface area contributed by atoms with Crippen LogP contribution < -0.4 is 5.32 Å². The smallest absolute Gasteiger partial charge is 0.270 e. The third-order valence-corrected chi connectivity index (χ3v) is 4.32. The summed E-state index contributed by atoms with van der Waals surface area (Å²) in [5.41, 5.74) is 1.14. The maximum Gasteiger partial charge on any atom is 0.270 e. The molecule has 2 heterocycles. The average molecular weight is 449 g/mol. The minimum absolute atomic E-state index is 0.131. The molecule has 3 rings (SSSR count). The Morgan fingerprint density at radius 2 is 2.00 bits per heavy atom. The second-order valence-electron chi connectivity index (χ2n) is 5.13. The summed E-state index contributed by atoms with van der Waals surface area (Å²) in [6.45, 7) is 0.548. The van der Waals surface area contributed by atoms with Gasteiger partial charge in [0.05, 0.1) is 17.0 Å². The molecule has 1 N–H and O–H groups in total. The minimum atomic E-state index is -0.531. The molecule has 0 aliphatic carbocycles. The Morgan fingerprint density at radius 3 is 2.72 bits per heavy atom. The Morgan fingerprint density at radius 1 is 1.24 bits per heavy atom. The lowest BCUT2D eigenvalue weighted by molar-refractivity contribution is -0.384. The van der Waals surface area contributed by atoms with E-state index in [0.717, 1.165) is 5.56 Å². The molecule has 0 unspecified atom stereocenters. The molecular formula is C16H12IN5O3. The molecule has 0 fully saturated rings. The maximum absolute atomic E-state index is 12.4. The van der Waals surface area contributed by atoms with Crippen molar-refractivity contribution in [1.29, 1.82) is 0 Å². The Hall–Kier alpha value is -2.82. The first-order chi connectivity index (χ1) is 12.0. The molecule has 0 bridgehead atoms. The van der Waals surface area contributed by atoms with Crippen molar-refractivity contribution in [3.63, 3.8) is 0 Å². The van der Waals surface area contributed by atoms with Crippen LogP contribution in [0.1, 0.15) is 15.9 Å². The van der Waals surface area contributed by atoms with Crippen molar-refractivity contribution in [3.8, 4) is 0 Å². The topological polar surface area (TPSA) is 103 Å². The van der Waals surface area contributed by atoms with Crippen molar-refractivity contribution >= 4 is 40.0 Å². The first-order valence-electron chi connectivity index (χ1n) is 7.20. The van der Waals surface area contributed by atoms with Crippen molar-refractivity contribution in [2.24, 2.45) is 0 Å². The number of pyridine rings is 1. The highest BCUT2D eigenvalue weighted by Crippen LogP contribution is 2.20. The fraction of sp³-hybridized carbons (Fsp3) is 0.0625. The lowest BCUT2D eigenvalue weighted by Gasteiger charge is -2.05. The highest BCUT2D eigenvalue weighted by molar-refractivity contribution is 14.1. The molecule has 8 nitrogen and oxygen atoms in total. The summed E-state index contributed by atoms with van der Waals surface area (Å²) in [5.74, 6) is -0.0661. The molecule has 0 saturated carbocycles. The van der Waals surface area contributed by atoms with Gasteiger partial charge in [0, 0.05) is 40.4 Å². The van der Waals surface area contributed by atoms with Crippen LogP contribution in [-0.2, 0) is 6.54 Å². The normalized spacial score (nSPS) is 10.4. The van der Waals surface area contributed by atoms with Crippen molar-refractivity contribution in [2.75, 3.05) is 5.32 Å². The molecule has 0 atom stereocenters. The Kier molecular flexibility index (Phi) is 5.03. The summed E-state index contributed by atoms with van der Waals surface area (Å²) in [4.78, 5) is 26.7. The van der Waals surface area contributed by atoms with E-state index in [1.54, 1.807) is 29.3 Å². The summed E-state index contributed by atoms with van der Waals surface area (Å²) in [6, 6.07) is 9.59. The van der Waals surface area contributed by atoms with Crippen LogP contribution in [0.3, 0.4) is 0 Å². The van der Waals surface area contributed by atoms with Gasteiger partial charge in [-0.05, 0) is 46.4 Å². The van der Waals surface area contributed by atoms with Gasteiger partial charge in [-0.3, -0.25) is 24.6 Å². The number of non-ortho nitro benzene ring substituents is 1. The third kappa shape index (κ3) is 4.18. The zero-order valence-electron chi connectivity index (χ0n) is 12.8. The van der Waals surface area contributed by atoms with Gasteiger partial charge in [0.1, 0.15) is 0 Å². The molecule has 2 aromatic heterocycles. The average Bonchev–Trinajstić information content (AvgIpc) is 3.02. The van der Waals surface area contributed by atoms with Crippen molar-refractivity contribution in [3.05, 3.63) is 79.8 Å². The number of rotatable bonds is 5. The van der Waals surface area contributed by atoms with Gasteiger partial charge in [-0.1, -0.05) is 0 Å². The fourth-order valence-corrected chi connectivity index (χ4v) is 2.76. The molecule has 25 heavy (non-hydrogen) atoms. The highest BCUT2D eigenvalue weighted by atomic mass is 127. The second kappa shape index (κ2) is 7.38. The number of amides is 1. The number of nitro groups is 1. The predicted molar refractivity (Wildman–Crippen MR) is 99.3 cm³/mol. The SMILES string of the molecule is O=C(Nc1ccn(Cc2ccncc2)n1)c1cc([N+](=O)[O-])ccc1I. The van der Waals surface area contributed by atoms with E-state index < -0.39 is 10.8 Å². The summed E-state index contributed by atoms with van der Waals surface area (Å²) in [7, 11) is 0. The molecule has 9 heteroatoms. The van der Waals surface area contributed by atoms with E-state index in [0.29, 0.717) is 15.9 Å². The quantitative estimate of drug-likeness (QED) is 0.367. The van der Waals surface area contributed by atoms with E-state index in [2.05, 4.69) is 15.4 Å². The summed E-state index contributed by atoms with van der Waals surface area (Å²) in [6.07, 6.45) is 5.14. The number of aromatic nitrogens is 3. The van der Waals surface area contributed by atoms with E-state index in [9.17, 15) is 14.9 Å². The number of nitrogens with one attached hydrogen (secondary N) is 1. The number of nitro benzene ring substituents is 1. The number of hydrogen-bond donors (Lipinski definition) is 1. The van der Waals surface area contributed by atoms with Crippen molar-refractivity contribution < 1.29 is 9.72 Å². The van der Waals surface area contributed by atoms with E-state index in [4.69, 9.17) is 0 Å². The van der Waals surface area contributed by atoms with E-state index in [-0.39, 0.29) is 11.3 Å². The van der Waals surface area contributed by atoms with Crippen LogP contribution in [0.15, 0.2) is 55.0 Å². The predicted octanol–water partition coefficient (Wildman–Crippen LogP) is 3.09. The summed E-state index contributed by atoms with van der Waals surface area (Å²) < 4.78 is 2.31. The molecule has 3 aromatic rings. The lowest BCUT2D eigenvalue weighted by Crippen LogP contribution is -2.14. The first-order valence-corrected chi connectivity index (χ1v) is 8.28. The molecule has 0 spiro atoms. The summed E-state index contributed by atoms with van der Waals surface area (Å²) >= 11 is 1.96. The van der Waals surface area contributed by atoms with Gasteiger partial charge in [0.2, 0.25) is 0 Å². The number of carbonyl (C=O) groups excluding carboxylic acids is 1. The van der Waals surface area contributed by atoms with Crippen LogP contribution in [0.4, 0.5) is 11.5 Å². The van der Waals surface area contributed by atoms with Gasteiger partial charge in [0.15, 0.2) is 5.82 Å². The zero-order chi connectivity index (χ0) is 17.8. The lowest BCUT2D eigenvalue weighted by atomic mass is 10.2. The molecule has 0 radical (unpaired) electrons. The zero-order valence-corrected chi connectivity index (χ0v) is 15.0. The molecular weight excluding hydrogens is 437 g/mol. The standard InChI is InChI=1S/C16H12IN5O3/c17-14-2-1-12(22(24)25)9-13(14)16(23)19-15-5-8-21(20-15)10-11-3-6-18-7-4-11/h1-9H,10H2,(H,19,20,23). The number of hydrogen-bond acceptors (Lipinski definition) is 5. The molecule has 1 aromatic carbocycles. The number of halogens is 1. The van der Waals surface area contributed by atoms with Gasteiger partial charge < -0.3 is 5.32 Å². The van der Waals surface area contributed by atoms with E-state index in [1.807, 2.05) is 34.7 Å². The van der Waals surface area contributed by atoms with Gasteiger partial charge in [0.25, 0.3) is 11.6 Å². The molecule has 126 valence electrons. The number of anilines is 1. The molecule has 0 saturated heterocycles.